The summed E-state index contributed by atoms with van der Waals surface area (Å²) >= 11 is 0. The fourth-order valence-electron chi connectivity index (χ4n) is 8.35. The first-order chi connectivity index (χ1) is 20.4. The molecule has 3 fully saturated rings. The Kier molecular flexibility index (Phi) is 8.96. The normalized spacial score (nSPS) is 24.0. The highest BCUT2D eigenvalue weighted by Gasteiger charge is 2.43. The first-order valence-corrected chi connectivity index (χ1v) is 16.5. The Morgan fingerprint density at radius 2 is 1.71 bits per heavy atom. The molecule has 0 spiro atoms. The van der Waals surface area contributed by atoms with Crippen molar-refractivity contribution in [3.63, 3.8) is 0 Å². The van der Waals surface area contributed by atoms with Gasteiger partial charge in [-0.15, -0.1) is 0 Å². The lowest BCUT2D eigenvalue weighted by atomic mass is 9.83. The van der Waals surface area contributed by atoms with Crippen LogP contribution in [0.15, 0.2) is 36.4 Å². The first-order valence-electron chi connectivity index (χ1n) is 16.5. The van der Waals surface area contributed by atoms with Gasteiger partial charge in [-0.3, -0.25) is 9.69 Å². The number of aromatic nitrogens is 3. The predicted octanol–water partition coefficient (Wildman–Crippen LogP) is 6.07. The van der Waals surface area contributed by atoms with Gasteiger partial charge in [-0.25, -0.2) is 9.97 Å². The summed E-state index contributed by atoms with van der Waals surface area (Å²) in [7, 11) is 0. The summed E-state index contributed by atoms with van der Waals surface area (Å²) in [5, 5.41) is 10.4. The molecular weight excluding hydrogens is 522 g/mol. The third-order valence-electron chi connectivity index (χ3n) is 10.5. The van der Waals surface area contributed by atoms with E-state index < -0.39 is 5.97 Å². The van der Waals surface area contributed by atoms with Crippen LogP contribution in [0.5, 0.6) is 0 Å². The van der Waals surface area contributed by atoms with Crippen LogP contribution in [0.1, 0.15) is 80.4 Å². The highest BCUT2D eigenvalue weighted by molar-refractivity contribution is 5.76. The zero-order chi connectivity index (χ0) is 29.2. The third kappa shape index (κ3) is 6.14. The molecule has 7 heteroatoms. The Bertz CT molecular complexity index is 1360. The highest BCUT2D eigenvalue weighted by atomic mass is 16.4. The number of hydrogen-bond donors (Lipinski definition) is 1. The number of carbonyl (C=O) groups is 1. The van der Waals surface area contributed by atoms with Crippen LogP contribution in [0.4, 0.5) is 0 Å². The number of benzene rings is 1. The van der Waals surface area contributed by atoms with Gasteiger partial charge in [-0.2, -0.15) is 0 Å². The van der Waals surface area contributed by atoms with Crippen molar-refractivity contribution in [2.45, 2.75) is 90.6 Å². The molecule has 0 bridgehead atoms. The van der Waals surface area contributed by atoms with Gasteiger partial charge in [0.1, 0.15) is 17.4 Å². The molecule has 6 rings (SSSR count). The predicted molar refractivity (Wildman–Crippen MR) is 168 cm³/mol. The Morgan fingerprint density at radius 3 is 2.40 bits per heavy atom. The number of hydrogen-bond acceptors (Lipinski definition) is 5. The number of nitrogens with zero attached hydrogens (tertiary/aromatic N) is 5. The molecule has 3 aromatic rings. The molecule has 0 unspecified atom stereocenters. The molecule has 0 amide bonds. The van der Waals surface area contributed by atoms with Gasteiger partial charge in [-0.1, -0.05) is 56.5 Å². The minimum Gasteiger partial charge on any atom is -0.480 e. The fraction of sp³-hybridized carbons (Fsp3) is 0.629. The van der Waals surface area contributed by atoms with Crippen LogP contribution in [0.2, 0.25) is 0 Å². The van der Waals surface area contributed by atoms with Crippen LogP contribution >= 0.6 is 0 Å². The summed E-state index contributed by atoms with van der Waals surface area (Å²) in [6, 6.07) is 12.7. The van der Waals surface area contributed by atoms with E-state index in [1.807, 2.05) is 0 Å². The van der Waals surface area contributed by atoms with Gasteiger partial charge in [0.25, 0.3) is 0 Å². The topological polar surface area (TPSA) is 74.5 Å². The Morgan fingerprint density at radius 1 is 0.976 bits per heavy atom. The zero-order valence-electron chi connectivity index (χ0n) is 25.8. The van der Waals surface area contributed by atoms with E-state index in [-0.39, 0.29) is 12.0 Å². The molecule has 3 atom stereocenters. The average Bonchev–Trinajstić information content (AvgIpc) is 3.56. The fourth-order valence-corrected chi connectivity index (χ4v) is 8.35. The largest absolute Gasteiger partial charge is 0.480 e. The average molecular weight is 572 g/mol. The molecule has 3 aliphatic rings. The van der Waals surface area contributed by atoms with Crippen LogP contribution in [0.3, 0.4) is 0 Å². The molecule has 2 saturated heterocycles. The third-order valence-corrected chi connectivity index (χ3v) is 10.5. The summed E-state index contributed by atoms with van der Waals surface area (Å²) < 4.78 is 2.40. The molecule has 1 aliphatic carbocycles. The SMILES string of the molecule is CCc1nc2c(C)cc(C)nc2n1CC1CCN(C[C@H]2CN([C@@H](C(=O)O)C3CCCCC3)C[C@@H]2c2ccccc2)CC1. The number of aryl methyl sites for hydroxylation is 3. The molecule has 1 aromatic carbocycles. The molecule has 42 heavy (non-hydrogen) atoms. The van der Waals surface area contributed by atoms with Crippen molar-refractivity contribution in [1.29, 1.82) is 0 Å². The smallest absolute Gasteiger partial charge is 0.321 e. The van der Waals surface area contributed by atoms with E-state index in [1.54, 1.807) is 0 Å². The first kappa shape index (κ1) is 29.3. The Balaban J connectivity index is 1.13. The summed E-state index contributed by atoms with van der Waals surface area (Å²) in [6.45, 7) is 12.4. The maximum Gasteiger partial charge on any atom is 0.321 e. The van der Waals surface area contributed by atoms with E-state index >= 15 is 0 Å². The highest BCUT2D eigenvalue weighted by Crippen LogP contribution is 2.39. The molecule has 1 saturated carbocycles. The maximum absolute atomic E-state index is 12.6. The zero-order valence-corrected chi connectivity index (χ0v) is 25.8. The molecule has 226 valence electrons. The quantitative estimate of drug-likeness (QED) is 0.336. The van der Waals surface area contributed by atoms with Crippen LogP contribution in [-0.4, -0.2) is 74.2 Å². The lowest BCUT2D eigenvalue weighted by Gasteiger charge is -2.35. The van der Waals surface area contributed by atoms with Gasteiger partial charge < -0.3 is 14.6 Å². The van der Waals surface area contributed by atoms with Crippen molar-refractivity contribution in [3.8, 4) is 0 Å². The molecule has 2 aromatic heterocycles. The lowest BCUT2D eigenvalue weighted by molar-refractivity contribution is -0.145. The van der Waals surface area contributed by atoms with Crippen molar-refractivity contribution >= 4 is 17.1 Å². The van der Waals surface area contributed by atoms with Crippen LogP contribution in [0.25, 0.3) is 11.2 Å². The second kappa shape index (κ2) is 12.8. The molecule has 2 aliphatic heterocycles. The summed E-state index contributed by atoms with van der Waals surface area (Å²) in [4.78, 5) is 27.5. The second-order valence-corrected chi connectivity index (χ2v) is 13.4. The van der Waals surface area contributed by atoms with E-state index in [9.17, 15) is 9.90 Å². The van der Waals surface area contributed by atoms with Crippen LogP contribution in [0, 0.1) is 31.6 Å². The number of rotatable bonds is 9. The molecule has 1 N–H and O–H groups in total. The van der Waals surface area contributed by atoms with Crippen molar-refractivity contribution in [2.24, 2.45) is 17.8 Å². The number of carboxylic acid groups (broad SMARTS) is 1. The number of carboxylic acids is 1. The number of aliphatic carboxylic acids is 1. The number of likely N-dealkylation sites (tertiary alicyclic amines) is 2. The molecule has 4 heterocycles. The van der Waals surface area contributed by atoms with Crippen LogP contribution < -0.4 is 0 Å². The minimum absolute atomic E-state index is 0.288. The molecule has 0 radical (unpaired) electrons. The van der Waals surface area contributed by atoms with Gasteiger partial charge in [0.15, 0.2) is 5.65 Å². The second-order valence-electron chi connectivity index (χ2n) is 13.4. The van der Waals surface area contributed by atoms with Crippen LogP contribution in [-0.2, 0) is 17.8 Å². The van der Waals surface area contributed by atoms with Crippen molar-refractivity contribution in [1.82, 2.24) is 24.3 Å². The number of imidazole rings is 1. The monoisotopic (exact) mass is 571 g/mol. The van der Waals surface area contributed by atoms with Gasteiger partial charge >= 0.3 is 5.97 Å². The van der Waals surface area contributed by atoms with Gasteiger partial charge in [0.2, 0.25) is 0 Å². The van der Waals surface area contributed by atoms with Gasteiger partial charge in [0, 0.05) is 44.2 Å². The van der Waals surface area contributed by atoms with Gasteiger partial charge in [-0.05, 0) is 87.6 Å². The van der Waals surface area contributed by atoms with Crippen molar-refractivity contribution in [3.05, 3.63) is 59.0 Å². The summed E-state index contributed by atoms with van der Waals surface area (Å²) in [6.07, 6.45) is 9.00. The summed E-state index contributed by atoms with van der Waals surface area (Å²) in [5.74, 6) is 2.28. The number of pyridine rings is 1. The lowest BCUT2D eigenvalue weighted by Crippen LogP contribution is -2.46. The van der Waals surface area contributed by atoms with Gasteiger partial charge in [0.05, 0.1) is 0 Å². The summed E-state index contributed by atoms with van der Waals surface area (Å²) in [5.41, 5.74) is 5.75. The molecular formula is C35H49N5O2. The number of piperidine rings is 1. The Hall–Kier alpha value is -2.77. The minimum atomic E-state index is -0.617. The Labute approximate surface area is 251 Å². The van der Waals surface area contributed by atoms with E-state index in [0.717, 1.165) is 81.2 Å². The molecule has 7 nitrogen and oxygen atoms in total. The maximum atomic E-state index is 12.6. The van der Waals surface area contributed by atoms with Crippen molar-refractivity contribution in [2.75, 3.05) is 32.7 Å². The standard InChI is InChI=1S/C35H49N5O2/c1-4-31-37-32-24(2)19-25(3)36-34(32)40(31)20-26-15-17-38(18-16-26)21-29-22-39(23-30(29)27-11-7-5-8-12-27)33(35(41)42)28-13-9-6-10-14-28/h5,7-8,11-12,19,26,28-30,33H,4,6,9-10,13-18,20-23H2,1-3H3,(H,41,42)/t29-,30+,33+/m0/s1. The number of fused-ring (bicyclic) bond motifs is 1. The van der Waals surface area contributed by atoms with E-state index in [0.29, 0.717) is 17.8 Å². The van der Waals surface area contributed by atoms with Crippen molar-refractivity contribution < 1.29 is 9.90 Å². The van der Waals surface area contributed by atoms with E-state index in [2.05, 4.69) is 71.5 Å². The van der Waals surface area contributed by atoms with E-state index in [4.69, 9.17) is 9.97 Å². The van der Waals surface area contributed by atoms with E-state index in [1.165, 1.54) is 43.2 Å².